The van der Waals surface area contributed by atoms with Gasteiger partial charge in [0.05, 0.1) is 0 Å². The number of rotatable bonds is 4. The number of carbonyl (C=O) groups is 1. The van der Waals surface area contributed by atoms with Gasteiger partial charge in [0.15, 0.2) is 0 Å². The van der Waals surface area contributed by atoms with Gasteiger partial charge in [0.2, 0.25) is 0 Å². The summed E-state index contributed by atoms with van der Waals surface area (Å²) in [6, 6.07) is 24.0. The van der Waals surface area contributed by atoms with Crippen LogP contribution in [0.2, 0.25) is 0 Å². The lowest BCUT2D eigenvalue weighted by molar-refractivity contribution is 0.0597. The summed E-state index contributed by atoms with van der Waals surface area (Å²) >= 11 is 0. The quantitative estimate of drug-likeness (QED) is 0.621. The fourth-order valence-electron chi connectivity index (χ4n) is 6.01. The minimum Gasteiger partial charge on any atom is -0.465 e. The van der Waals surface area contributed by atoms with E-state index in [1.165, 1.54) is 38.9 Å². The molecule has 168 valence electrons. The van der Waals surface area contributed by atoms with Crippen LogP contribution >= 0.6 is 0 Å². The second-order valence-electron chi connectivity index (χ2n) is 9.53. The Kier molecular flexibility index (Phi) is 5.16. The summed E-state index contributed by atoms with van der Waals surface area (Å²) in [5, 5.41) is 13.4. The van der Waals surface area contributed by atoms with E-state index in [4.69, 9.17) is 0 Å². The smallest absolute Gasteiger partial charge is 0.407 e. The molecule has 6 rings (SSSR count). The number of hydrogen-bond donors (Lipinski definition) is 2. The molecule has 1 fully saturated rings. The van der Waals surface area contributed by atoms with Gasteiger partial charge in [-0.15, -0.1) is 0 Å². The zero-order chi connectivity index (χ0) is 22.4. The molecule has 2 heterocycles. The average Bonchev–Trinajstić information content (AvgIpc) is 3.42. The lowest BCUT2D eigenvalue weighted by Crippen LogP contribution is -2.54. The first-order valence-corrected chi connectivity index (χ1v) is 11.9. The van der Waals surface area contributed by atoms with E-state index in [0.717, 1.165) is 39.1 Å². The minimum absolute atomic E-state index is 0.0310. The van der Waals surface area contributed by atoms with Gasteiger partial charge >= 0.3 is 6.09 Å². The Morgan fingerprint density at radius 1 is 0.909 bits per heavy atom. The Morgan fingerprint density at radius 2 is 1.61 bits per heavy atom. The van der Waals surface area contributed by atoms with Gasteiger partial charge in [-0.25, -0.2) is 4.79 Å². The third-order valence-corrected chi connectivity index (χ3v) is 7.59. The Labute approximate surface area is 194 Å². The molecular formula is C28H29N3O2. The predicted octanol–water partition coefficient (Wildman–Crippen LogP) is 4.66. The molecule has 3 aromatic carbocycles. The largest absolute Gasteiger partial charge is 0.465 e. The van der Waals surface area contributed by atoms with E-state index in [9.17, 15) is 9.90 Å². The summed E-state index contributed by atoms with van der Waals surface area (Å²) in [4.78, 5) is 16.2. The fourth-order valence-corrected chi connectivity index (χ4v) is 6.01. The molecule has 0 saturated carbocycles. The molecule has 3 aromatic rings. The highest BCUT2D eigenvalue weighted by Gasteiger charge is 2.36. The maximum absolute atomic E-state index is 12.1. The van der Waals surface area contributed by atoms with Crippen LogP contribution in [0.1, 0.15) is 40.2 Å². The summed E-state index contributed by atoms with van der Waals surface area (Å²) in [6.07, 6.45) is 0.00751. The standard InChI is InChI=1S/C28H29N3O2/c32-28(33)31-12-11-30(17-19-9-10-20-15-29-16-21(20)13-19)18-22(31)14-27-25-7-3-1-5-23(25)24-6-2-4-8-26(24)27/h1-10,13,22,27,29H,11-12,14-18H2,(H,32,33). The van der Waals surface area contributed by atoms with Crippen molar-refractivity contribution in [1.29, 1.82) is 0 Å². The van der Waals surface area contributed by atoms with E-state index in [1.54, 1.807) is 4.90 Å². The Morgan fingerprint density at radius 3 is 2.33 bits per heavy atom. The molecular weight excluding hydrogens is 410 g/mol. The SMILES string of the molecule is O=C(O)N1CCN(Cc2ccc3c(c2)CNC3)CC1CC1c2ccccc2-c2ccccc21. The molecule has 5 nitrogen and oxygen atoms in total. The number of amides is 1. The Balaban J connectivity index is 1.25. The highest BCUT2D eigenvalue weighted by molar-refractivity contribution is 5.78. The highest BCUT2D eigenvalue weighted by Crippen LogP contribution is 2.47. The molecule has 0 aromatic heterocycles. The van der Waals surface area contributed by atoms with Gasteiger partial charge in [-0.2, -0.15) is 0 Å². The number of piperazine rings is 1. The van der Waals surface area contributed by atoms with Crippen LogP contribution in [0, 0.1) is 0 Å². The van der Waals surface area contributed by atoms with Gasteiger partial charge in [0, 0.05) is 51.2 Å². The molecule has 0 spiro atoms. The molecule has 3 aliphatic rings. The van der Waals surface area contributed by atoms with Gasteiger partial charge < -0.3 is 15.3 Å². The van der Waals surface area contributed by atoms with E-state index in [-0.39, 0.29) is 12.0 Å². The van der Waals surface area contributed by atoms with Crippen LogP contribution in [-0.2, 0) is 19.6 Å². The first-order valence-electron chi connectivity index (χ1n) is 11.9. The molecule has 0 radical (unpaired) electrons. The second-order valence-corrected chi connectivity index (χ2v) is 9.53. The van der Waals surface area contributed by atoms with Crippen LogP contribution in [0.15, 0.2) is 66.7 Å². The van der Waals surface area contributed by atoms with Crippen molar-refractivity contribution in [3.05, 3.63) is 94.5 Å². The van der Waals surface area contributed by atoms with Crippen molar-refractivity contribution < 1.29 is 9.90 Å². The maximum Gasteiger partial charge on any atom is 0.407 e. The number of nitrogens with one attached hydrogen (secondary N) is 1. The van der Waals surface area contributed by atoms with Gasteiger partial charge in [-0.05, 0) is 45.4 Å². The maximum atomic E-state index is 12.1. The van der Waals surface area contributed by atoms with Crippen LogP contribution in [0.25, 0.3) is 11.1 Å². The molecule has 1 aliphatic carbocycles. The number of nitrogens with zero attached hydrogens (tertiary/aromatic N) is 2. The van der Waals surface area contributed by atoms with E-state index in [2.05, 4.69) is 76.9 Å². The molecule has 1 atom stereocenters. The highest BCUT2D eigenvalue weighted by atomic mass is 16.4. The zero-order valence-corrected chi connectivity index (χ0v) is 18.7. The molecule has 33 heavy (non-hydrogen) atoms. The van der Waals surface area contributed by atoms with Gasteiger partial charge in [0.25, 0.3) is 0 Å². The predicted molar refractivity (Wildman–Crippen MR) is 129 cm³/mol. The number of carboxylic acid groups (broad SMARTS) is 1. The number of hydrogen-bond acceptors (Lipinski definition) is 3. The van der Waals surface area contributed by atoms with Gasteiger partial charge in [0.1, 0.15) is 0 Å². The van der Waals surface area contributed by atoms with Crippen molar-refractivity contribution in [1.82, 2.24) is 15.1 Å². The second kappa shape index (κ2) is 8.32. The molecule has 1 unspecified atom stereocenters. The summed E-state index contributed by atoms with van der Waals surface area (Å²) in [7, 11) is 0. The first-order chi connectivity index (χ1) is 16.2. The number of benzene rings is 3. The van der Waals surface area contributed by atoms with Crippen molar-refractivity contribution in [2.45, 2.75) is 38.0 Å². The summed E-state index contributed by atoms with van der Waals surface area (Å²) in [6.45, 7) is 4.87. The van der Waals surface area contributed by atoms with E-state index in [1.807, 2.05) is 0 Å². The molecule has 2 aliphatic heterocycles. The minimum atomic E-state index is -0.803. The lowest BCUT2D eigenvalue weighted by Gasteiger charge is -2.41. The van der Waals surface area contributed by atoms with Crippen LogP contribution < -0.4 is 5.32 Å². The molecule has 1 amide bonds. The Hall–Kier alpha value is -3.15. The van der Waals surface area contributed by atoms with Crippen molar-refractivity contribution >= 4 is 6.09 Å². The Bertz CT molecular complexity index is 1160. The van der Waals surface area contributed by atoms with Crippen LogP contribution in [0.5, 0.6) is 0 Å². The van der Waals surface area contributed by atoms with Crippen molar-refractivity contribution in [2.24, 2.45) is 0 Å². The van der Waals surface area contributed by atoms with Crippen LogP contribution in [-0.4, -0.2) is 46.7 Å². The topological polar surface area (TPSA) is 55.8 Å². The molecule has 2 N–H and O–H groups in total. The van der Waals surface area contributed by atoms with Crippen molar-refractivity contribution in [3.63, 3.8) is 0 Å². The third-order valence-electron chi connectivity index (χ3n) is 7.59. The van der Waals surface area contributed by atoms with Crippen LogP contribution in [0.3, 0.4) is 0 Å². The fraction of sp³-hybridized carbons (Fsp3) is 0.321. The van der Waals surface area contributed by atoms with E-state index >= 15 is 0 Å². The monoisotopic (exact) mass is 439 g/mol. The van der Waals surface area contributed by atoms with E-state index < -0.39 is 6.09 Å². The van der Waals surface area contributed by atoms with Crippen LogP contribution in [0.4, 0.5) is 4.79 Å². The summed E-state index contributed by atoms with van der Waals surface area (Å²) in [5.41, 5.74) is 9.34. The third kappa shape index (κ3) is 3.71. The summed E-state index contributed by atoms with van der Waals surface area (Å²) in [5.74, 6) is 0.232. The molecule has 0 bridgehead atoms. The van der Waals surface area contributed by atoms with Crippen molar-refractivity contribution in [2.75, 3.05) is 19.6 Å². The van der Waals surface area contributed by atoms with Gasteiger partial charge in [-0.3, -0.25) is 4.90 Å². The zero-order valence-electron chi connectivity index (χ0n) is 18.7. The van der Waals surface area contributed by atoms with E-state index in [0.29, 0.717) is 6.54 Å². The molecule has 5 heteroatoms. The lowest BCUT2D eigenvalue weighted by atomic mass is 9.88. The van der Waals surface area contributed by atoms with Crippen molar-refractivity contribution in [3.8, 4) is 11.1 Å². The summed E-state index contributed by atoms with van der Waals surface area (Å²) < 4.78 is 0. The number of fused-ring (bicyclic) bond motifs is 4. The normalized spacial score (nSPS) is 19.9. The van der Waals surface area contributed by atoms with Gasteiger partial charge in [-0.1, -0.05) is 66.7 Å². The first kappa shape index (κ1) is 20.5. The molecule has 1 saturated heterocycles. The average molecular weight is 440 g/mol.